The first-order valence-electron chi connectivity index (χ1n) is 16.7. The van der Waals surface area contributed by atoms with Gasteiger partial charge in [-0.15, -0.1) is 0 Å². The highest BCUT2D eigenvalue weighted by Gasteiger charge is 2.12. The summed E-state index contributed by atoms with van der Waals surface area (Å²) >= 11 is 0. The molecular formula is C42H27N3O12. The summed E-state index contributed by atoms with van der Waals surface area (Å²) < 4.78 is 16.7. The maximum absolute atomic E-state index is 12.0. The second-order valence-electron chi connectivity index (χ2n) is 12.2. The minimum Gasteiger partial charge on any atom is -0.508 e. The van der Waals surface area contributed by atoms with Crippen molar-refractivity contribution in [1.29, 1.82) is 0 Å². The van der Waals surface area contributed by atoms with Crippen molar-refractivity contribution in [1.82, 2.24) is 15.0 Å². The molecule has 0 fully saturated rings. The fourth-order valence-electron chi connectivity index (χ4n) is 5.47. The fraction of sp³-hybridized carbons (Fsp3) is 0. The molecule has 0 atom stereocenters. The van der Waals surface area contributed by atoms with Gasteiger partial charge < -0.3 is 43.9 Å². The summed E-state index contributed by atoms with van der Waals surface area (Å²) in [6.45, 7) is 0. The number of aromatic hydroxyl groups is 6. The molecule has 0 bridgehead atoms. The molecular weight excluding hydrogens is 738 g/mol. The molecule has 0 radical (unpaired) electrons. The molecule has 3 aromatic carbocycles. The topological polar surface area (TPSA) is 251 Å². The lowest BCUT2D eigenvalue weighted by Crippen LogP contribution is -2.00. The predicted octanol–water partition coefficient (Wildman–Crippen LogP) is 6.80. The molecule has 0 spiro atoms. The van der Waals surface area contributed by atoms with Crippen LogP contribution in [0.25, 0.3) is 66.9 Å². The first kappa shape index (κ1) is 36.9. The van der Waals surface area contributed by atoms with Crippen LogP contribution >= 0.6 is 0 Å². The van der Waals surface area contributed by atoms with Gasteiger partial charge in [0.2, 0.25) is 17.6 Å². The number of fused-ring (bicyclic) bond motifs is 3. The highest BCUT2D eigenvalue weighted by atomic mass is 16.4. The van der Waals surface area contributed by atoms with E-state index in [2.05, 4.69) is 15.0 Å². The van der Waals surface area contributed by atoms with E-state index in [-0.39, 0.29) is 62.5 Å². The van der Waals surface area contributed by atoms with Crippen LogP contribution in [-0.4, -0.2) is 45.6 Å². The van der Waals surface area contributed by atoms with E-state index in [1.807, 2.05) is 0 Å². The number of nitrogens with zero attached hydrogens (tertiary/aromatic N) is 3. The van der Waals surface area contributed by atoms with E-state index in [0.717, 1.165) is 0 Å². The van der Waals surface area contributed by atoms with Crippen LogP contribution in [0.15, 0.2) is 155 Å². The van der Waals surface area contributed by atoms with E-state index in [9.17, 15) is 29.7 Å². The molecule has 6 heterocycles. The smallest absolute Gasteiger partial charge is 0.210 e. The van der Waals surface area contributed by atoms with Crippen molar-refractivity contribution in [2.24, 2.45) is 0 Å². The summed E-state index contributed by atoms with van der Waals surface area (Å²) in [5.41, 5.74) is 1.82. The van der Waals surface area contributed by atoms with Crippen LogP contribution in [0, 0.1) is 0 Å². The summed E-state index contributed by atoms with van der Waals surface area (Å²) in [7, 11) is 0. The van der Waals surface area contributed by atoms with Crippen molar-refractivity contribution in [3.63, 3.8) is 0 Å². The number of hydrogen-bond donors (Lipinski definition) is 6. The number of para-hydroxylation sites is 1. The van der Waals surface area contributed by atoms with Crippen LogP contribution in [0.5, 0.6) is 34.9 Å². The van der Waals surface area contributed by atoms with Crippen LogP contribution in [0.2, 0.25) is 0 Å². The number of pyridine rings is 3. The highest BCUT2D eigenvalue weighted by Crippen LogP contribution is 2.29. The van der Waals surface area contributed by atoms with Crippen LogP contribution in [0.1, 0.15) is 0 Å². The molecule has 0 saturated carbocycles. The Bertz CT molecular complexity index is 3070. The number of phenolic OH excluding ortho intramolecular Hbond substituents is 3. The summed E-state index contributed by atoms with van der Waals surface area (Å²) in [5, 5.41) is 56.9. The standard InChI is InChI=1S/3C14H9NO4/c16-9-2-3-12-10(5-9)11(17)6-13(19-12)8-1-4-14(18)15-7-8;16-9-2-3-10-11(17)6-12(19-13(10)5-9)8-1-4-14(18)15-7-8;16-10-3-1-2-9-11(17)6-12(19-14(9)10)8-4-5-13(18)15-7-8/h3*1-7,16H,(H,15,18). The van der Waals surface area contributed by atoms with E-state index < -0.39 is 0 Å². The molecule has 9 rings (SSSR count). The highest BCUT2D eigenvalue weighted by molar-refractivity contribution is 5.84. The van der Waals surface area contributed by atoms with Gasteiger partial charge in [-0.2, -0.15) is 0 Å². The summed E-state index contributed by atoms with van der Waals surface area (Å²) in [6.07, 6.45) is 4.21. The van der Waals surface area contributed by atoms with Gasteiger partial charge >= 0.3 is 0 Å². The molecule has 282 valence electrons. The van der Waals surface area contributed by atoms with Gasteiger partial charge in [-0.25, -0.2) is 15.0 Å². The zero-order valence-corrected chi connectivity index (χ0v) is 29.1. The Morgan fingerprint density at radius 3 is 1.42 bits per heavy atom. The van der Waals surface area contributed by atoms with Crippen molar-refractivity contribution in [3.05, 3.63) is 158 Å². The molecule has 15 nitrogen and oxygen atoms in total. The Kier molecular flexibility index (Phi) is 10.0. The lowest BCUT2D eigenvalue weighted by Gasteiger charge is -2.04. The molecule has 0 aliphatic carbocycles. The van der Waals surface area contributed by atoms with Crippen molar-refractivity contribution < 1.29 is 43.9 Å². The Morgan fingerprint density at radius 1 is 0.404 bits per heavy atom. The molecule has 0 saturated heterocycles. The number of phenols is 3. The summed E-state index contributed by atoms with van der Waals surface area (Å²) in [4.78, 5) is 47.0. The predicted molar refractivity (Wildman–Crippen MR) is 207 cm³/mol. The van der Waals surface area contributed by atoms with Crippen LogP contribution < -0.4 is 16.3 Å². The van der Waals surface area contributed by atoms with E-state index in [1.165, 1.54) is 97.5 Å². The third-order valence-electron chi connectivity index (χ3n) is 8.25. The molecule has 6 aromatic heterocycles. The monoisotopic (exact) mass is 765 g/mol. The third kappa shape index (κ3) is 8.22. The maximum Gasteiger partial charge on any atom is 0.210 e. The molecule has 0 aliphatic rings. The molecule has 9 aromatic rings. The van der Waals surface area contributed by atoms with Crippen molar-refractivity contribution in [2.75, 3.05) is 0 Å². The molecule has 0 amide bonds. The zero-order chi connectivity index (χ0) is 40.2. The number of rotatable bonds is 3. The third-order valence-corrected chi connectivity index (χ3v) is 8.25. The van der Waals surface area contributed by atoms with E-state index in [0.29, 0.717) is 55.5 Å². The Morgan fingerprint density at radius 2 is 0.877 bits per heavy atom. The average Bonchev–Trinajstić information content (AvgIpc) is 3.19. The lowest BCUT2D eigenvalue weighted by atomic mass is 10.1. The average molecular weight is 766 g/mol. The normalized spacial score (nSPS) is 10.7. The van der Waals surface area contributed by atoms with Gasteiger partial charge in [0.15, 0.2) is 27.6 Å². The van der Waals surface area contributed by atoms with E-state index in [1.54, 1.807) is 30.3 Å². The summed E-state index contributed by atoms with van der Waals surface area (Å²) in [6, 6.07) is 26.3. The second-order valence-corrected chi connectivity index (χ2v) is 12.2. The summed E-state index contributed by atoms with van der Waals surface area (Å²) in [5.74, 6) is 0.590. The van der Waals surface area contributed by atoms with Gasteiger partial charge in [-0.3, -0.25) is 14.4 Å². The number of aromatic nitrogens is 3. The SMILES string of the molecule is O=c1cc(-c2ccc(O)nc2)oc2c(O)cccc12.O=c1cc(-c2ccc(O)nc2)oc2cc(O)ccc12.O=c1cc(-c2ccc(O)nc2)oc2ccc(O)cc12. The Labute approximate surface area is 318 Å². The van der Waals surface area contributed by atoms with Gasteiger partial charge in [0.25, 0.3) is 0 Å². The maximum atomic E-state index is 12.0. The first-order valence-corrected chi connectivity index (χ1v) is 16.7. The van der Waals surface area contributed by atoms with Gasteiger partial charge in [0.05, 0.1) is 16.2 Å². The minimum absolute atomic E-state index is 0.0128. The second kappa shape index (κ2) is 15.5. The van der Waals surface area contributed by atoms with Crippen molar-refractivity contribution in [2.45, 2.75) is 0 Å². The van der Waals surface area contributed by atoms with Crippen molar-refractivity contribution in [3.8, 4) is 68.9 Å². The largest absolute Gasteiger partial charge is 0.508 e. The molecule has 57 heavy (non-hydrogen) atoms. The number of hydrogen-bond acceptors (Lipinski definition) is 15. The van der Waals surface area contributed by atoms with Gasteiger partial charge in [0.1, 0.15) is 39.9 Å². The van der Waals surface area contributed by atoms with Gasteiger partial charge in [-0.1, -0.05) is 6.07 Å². The van der Waals surface area contributed by atoms with Gasteiger partial charge in [-0.05, 0) is 60.7 Å². The molecule has 15 heteroatoms. The van der Waals surface area contributed by atoms with Crippen LogP contribution in [0.3, 0.4) is 0 Å². The van der Waals surface area contributed by atoms with Crippen molar-refractivity contribution >= 4 is 32.9 Å². The quantitative estimate of drug-likeness (QED) is 0.108. The van der Waals surface area contributed by atoms with Crippen LogP contribution in [0.4, 0.5) is 0 Å². The van der Waals surface area contributed by atoms with E-state index >= 15 is 0 Å². The van der Waals surface area contributed by atoms with E-state index in [4.69, 9.17) is 28.6 Å². The first-order chi connectivity index (χ1) is 27.4. The minimum atomic E-state index is -0.250. The van der Waals surface area contributed by atoms with Crippen LogP contribution in [-0.2, 0) is 0 Å². The molecule has 0 aliphatic heterocycles. The Balaban J connectivity index is 0.000000131. The molecule has 0 unspecified atom stereocenters. The van der Waals surface area contributed by atoms with Gasteiger partial charge in [0, 0.05) is 77.7 Å². The zero-order valence-electron chi connectivity index (χ0n) is 29.1. The Hall–Kier alpha value is -8.46. The molecule has 6 N–H and O–H groups in total. The number of benzene rings is 3. The fourth-order valence-corrected chi connectivity index (χ4v) is 5.47. The lowest BCUT2D eigenvalue weighted by molar-refractivity contribution is 0.452.